The molecule has 0 fully saturated rings. The van der Waals surface area contributed by atoms with E-state index in [1.807, 2.05) is 37.3 Å². The van der Waals surface area contributed by atoms with E-state index in [9.17, 15) is 0 Å². The number of nitrogens with zero attached hydrogens (tertiary/aromatic N) is 2. The van der Waals surface area contributed by atoms with Crippen LogP contribution in [0.5, 0.6) is 5.75 Å². The summed E-state index contributed by atoms with van der Waals surface area (Å²) in [7, 11) is 0. The molecule has 1 heterocycles. The first-order chi connectivity index (χ1) is 9.18. The van der Waals surface area contributed by atoms with E-state index in [0.717, 1.165) is 12.2 Å². The summed E-state index contributed by atoms with van der Waals surface area (Å²) >= 11 is 0. The average Bonchev–Trinajstić information content (AvgIpc) is 2.95. The molecule has 102 valence electrons. The Morgan fingerprint density at radius 3 is 2.68 bits per heavy atom. The molecule has 0 aliphatic rings. The van der Waals surface area contributed by atoms with E-state index in [1.165, 1.54) is 0 Å². The molecule has 1 aromatic carbocycles. The fourth-order valence-electron chi connectivity index (χ4n) is 1.61. The predicted molar refractivity (Wildman–Crippen MR) is 71.8 cm³/mol. The van der Waals surface area contributed by atoms with Crippen molar-refractivity contribution in [3.8, 4) is 5.75 Å². The van der Waals surface area contributed by atoms with Gasteiger partial charge in [-0.1, -0.05) is 30.3 Å². The Kier molecular flexibility index (Phi) is 4.16. The van der Waals surface area contributed by atoms with Crippen molar-refractivity contribution in [3.05, 3.63) is 42.0 Å². The molecular weight excluding hydrogens is 242 g/mol. The fourth-order valence-corrected chi connectivity index (χ4v) is 1.61. The van der Waals surface area contributed by atoms with Gasteiger partial charge in [-0.25, -0.2) is 0 Å². The molecule has 2 N–H and O–H groups in total. The summed E-state index contributed by atoms with van der Waals surface area (Å²) in [5.74, 6) is 1.89. The van der Waals surface area contributed by atoms with Crippen LogP contribution in [-0.4, -0.2) is 16.7 Å². The van der Waals surface area contributed by atoms with Crippen molar-refractivity contribution >= 4 is 0 Å². The third kappa shape index (κ3) is 3.12. The Balaban J connectivity index is 2.02. The lowest BCUT2D eigenvalue weighted by Gasteiger charge is -2.20. The Hall–Kier alpha value is -1.88. The summed E-state index contributed by atoms with van der Waals surface area (Å²) in [5, 5.41) is 3.93. The lowest BCUT2D eigenvalue weighted by molar-refractivity contribution is 0.272. The highest BCUT2D eigenvalue weighted by atomic mass is 16.5. The van der Waals surface area contributed by atoms with Crippen molar-refractivity contribution in [1.29, 1.82) is 0 Å². The zero-order chi connectivity index (χ0) is 13.7. The highest BCUT2D eigenvalue weighted by molar-refractivity contribution is 5.21. The van der Waals surface area contributed by atoms with E-state index < -0.39 is 0 Å². The first-order valence-corrected chi connectivity index (χ1v) is 6.39. The van der Waals surface area contributed by atoms with Gasteiger partial charge in [-0.3, -0.25) is 0 Å². The van der Waals surface area contributed by atoms with E-state index in [-0.39, 0.29) is 12.0 Å². The van der Waals surface area contributed by atoms with Crippen LogP contribution in [0.15, 0.2) is 34.9 Å². The summed E-state index contributed by atoms with van der Waals surface area (Å²) in [6, 6.07) is 9.54. The second-order valence-electron chi connectivity index (χ2n) is 4.74. The summed E-state index contributed by atoms with van der Waals surface area (Å²) in [6.07, 6.45) is 0.852. The first kappa shape index (κ1) is 13.5. The summed E-state index contributed by atoms with van der Waals surface area (Å²) in [4.78, 5) is 4.36. The van der Waals surface area contributed by atoms with Crippen molar-refractivity contribution < 1.29 is 9.26 Å². The van der Waals surface area contributed by atoms with Crippen LogP contribution in [0.3, 0.4) is 0 Å². The molecule has 1 atom stereocenters. The lowest BCUT2D eigenvalue weighted by Crippen LogP contribution is -2.31. The average molecular weight is 261 g/mol. The number of para-hydroxylation sites is 1. The van der Waals surface area contributed by atoms with Crippen LogP contribution in [0.4, 0.5) is 0 Å². The molecule has 0 saturated carbocycles. The molecule has 2 rings (SSSR count). The van der Waals surface area contributed by atoms with E-state index in [4.69, 9.17) is 15.0 Å². The van der Waals surface area contributed by atoms with Gasteiger partial charge in [0.1, 0.15) is 5.75 Å². The molecular formula is C14H19N3O2. The quantitative estimate of drug-likeness (QED) is 0.863. The fraction of sp³-hybridized carbons (Fsp3) is 0.429. The number of rotatable bonds is 6. The maximum absolute atomic E-state index is 5.76. The Labute approximate surface area is 112 Å². The molecule has 0 spiro atoms. The standard InChI is InChI=1S/C14H19N3O2/c1-3-14(2,10-15)13-16-12(17-19-13)9-18-11-7-5-4-6-8-11/h4-8H,3,9-10,15H2,1-2H3. The summed E-state index contributed by atoms with van der Waals surface area (Å²) in [6.45, 7) is 4.84. The van der Waals surface area contributed by atoms with Gasteiger partial charge in [0.25, 0.3) is 0 Å². The minimum absolute atomic E-state index is 0.266. The summed E-state index contributed by atoms with van der Waals surface area (Å²) in [5.41, 5.74) is 5.50. The van der Waals surface area contributed by atoms with Crippen molar-refractivity contribution in [2.24, 2.45) is 5.73 Å². The van der Waals surface area contributed by atoms with Gasteiger partial charge < -0.3 is 15.0 Å². The highest BCUT2D eigenvalue weighted by Gasteiger charge is 2.29. The zero-order valence-electron chi connectivity index (χ0n) is 11.3. The van der Waals surface area contributed by atoms with Crippen LogP contribution in [0.1, 0.15) is 32.0 Å². The maximum Gasteiger partial charge on any atom is 0.233 e. The van der Waals surface area contributed by atoms with E-state index >= 15 is 0 Å². The topological polar surface area (TPSA) is 74.2 Å². The van der Waals surface area contributed by atoms with E-state index in [0.29, 0.717) is 18.3 Å². The van der Waals surface area contributed by atoms with Gasteiger partial charge in [0.05, 0.1) is 5.41 Å². The van der Waals surface area contributed by atoms with E-state index in [2.05, 4.69) is 17.1 Å². The minimum atomic E-state index is -0.266. The van der Waals surface area contributed by atoms with Gasteiger partial charge in [-0.05, 0) is 25.5 Å². The number of hydrogen-bond acceptors (Lipinski definition) is 5. The van der Waals surface area contributed by atoms with Gasteiger partial charge in [0.15, 0.2) is 6.61 Å². The van der Waals surface area contributed by atoms with Crippen LogP contribution >= 0.6 is 0 Å². The Bertz CT molecular complexity index is 506. The van der Waals surface area contributed by atoms with E-state index in [1.54, 1.807) is 0 Å². The monoisotopic (exact) mass is 261 g/mol. The smallest absolute Gasteiger partial charge is 0.233 e. The van der Waals surface area contributed by atoms with Crippen molar-refractivity contribution in [2.75, 3.05) is 6.54 Å². The van der Waals surface area contributed by atoms with Crippen molar-refractivity contribution in [2.45, 2.75) is 32.3 Å². The Morgan fingerprint density at radius 1 is 1.32 bits per heavy atom. The maximum atomic E-state index is 5.76. The van der Waals surface area contributed by atoms with Gasteiger partial charge in [-0.2, -0.15) is 4.98 Å². The number of hydrogen-bond donors (Lipinski definition) is 1. The molecule has 5 nitrogen and oxygen atoms in total. The lowest BCUT2D eigenvalue weighted by atomic mass is 9.88. The van der Waals surface area contributed by atoms with Crippen LogP contribution in [-0.2, 0) is 12.0 Å². The van der Waals surface area contributed by atoms with Crippen LogP contribution in [0, 0.1) is 0 Å². The molecule has 0 bridgehead atoms. The first-order valence-electron chi connectivity index (χ1n) is 6.39. The second-order valence-corrected chi connectivity index (χ2v) is 4.74. The normalized spacial score (nSPS) is 14.1. The van der Waals surface area contributed by atoms with Crippen LogP contribution < -0.4 is 10.5 Å². The number of ether oxygens (including phenoxy) is 1. The second kappa shape index (κ2) is 5.84. The number of nitrogens with two attached hydrogens (primary N) is 1. The molecule has 2 aromatic rings. The molecule has 19 heavy (non-hydrogen) atoms. The molecule has 0 aliphatic carbocycles. The molecule has 5 heteroatoms. The van der Waals surface area contributed by atoms with Gasteiger partial charge >= 0.3 is 0 Å². The molecule has 0 radical (unpaired) electrons. The SMILES string of the molecule is CCC(C)(CN)c1nc(COc2ccccc2)no1. The van der Waals surface area contributed by atoms with Crippen LogP contribution in [0.25, 0.3) is 0 Å². The predicted octanol–water partition coefficient (Wildman–Crippen LogP) is 2.28. The molecule has 0 saturated heterocycles. The largest absolute Gasteiger partial charge is 0.485 e. The molecule has 0 amide bonds. The molecule has 1 aromatic heterocycles. The summed E-state index contributed by atoms with van der Waals surface area (Å²) < 4.78 is 10.8. The van der Waals surface area contributed by atoms with Gasteiger partial charge in [-0.15, -0.1) is 0 Å². The van der Waals surface area contributed by atoms with Crippen molar-refractivity contribution in [1.82, 2.24) is 10.1 Å². The van der Waals surface area contributed by atoms with Gasteiger partial charge in [0, 0.05) is 6.54 Å². The number of aromatic nitrogens is 2. The Morgan fingerprint density at radius 2 is 2.05 bits per heavy atom. The number of benzene rings is 1. The van der Waals surface area contributed by atoms with Crippen LogP contribution in [0.2, 0.25) is 0 Å². The molecule has 1 unspecified atom stereocenters. The highest BCUT2D eigenvalue weighted by Crippen LogP contribution is 2.24. The zero-order valence-corrected chi connectivity index (χ0v) is 11.3. The minimum Gasteiger partial charge on any atom is -0.485 e. The van der Waals surface area contributed by atoms with Crippen molar-refractivity contribution in [3.63, 3.8) is 0 Å². The third-order valence-corrected chi connectivity index (χ3v) is 3.33. The molecule has 0 aliphatic heterocycles. The van der Waals surface area contributed by atoms with Gasteiger partial charge in [0.2, 0.25) is 11.7 Å². The third-order valence-electron chi connectivity index (χ3n) is 3.33.